The van der Waals surface area contributed by atoms with Crippen molar-refractivity contribution >= 4 is 16.9 Å². The third-order valence-electron chi connectivity index (χ3n) is 4.85. The van der Waals surface area contributed by atoms with Crippen LogP contribution < -0.4 is 20.4 Å². The van der Waals surface area contributed by atoms with E-state index in [2.05, 4.69) is 5.32 Å². The Bertz CT molecular complexity index is 1070. The first-order valence-corrected chi connectivity index (χ1v) is 9.34. The van der Waals surface area contributed by atoms with Gasteiger partial charge in [-0.3, -0.25) is 4.79 Å². The predicted molar refractivity (Wildman–Crippen MR) is 105 cm³/mol. The number of carbonyl (C=O) groups excluding carboxylic acids is 1. The highest BCUT2D eigenvalue weighted by Gasteiger charge is 2.22. The average molecular weight is 379 g/mol. The maximum atomic E-state index is 12.4. The number of aryl methyl sites for hydroxylation is 1. The van der Waals surface area contributed by atoms with Crippen LogP contribution in [0.5, 0.6) is 11.5 Å². The van der Waals surface area contributed by atoms with Gasteiger partial charge in [0.25, 0.3) is 5.91 Å². The zero-order valence-electron chi connectivity index (χ0n) is 15.6. The van der Waals surface area contributed by atoms with Crippen molar-refractivity contribution in [2.24, 2.45) is 0 Å². The van der Waals surface area contributed by atoms with Gasteiger partial charge in [-0.1, -0.05) is 25.1 Å². The highest BCUT2D eigenvalue weighted by molar-refractivity contribution is 5.82. The summed E-state index contributed by atoms with van der Waals surface area (Å²) in [5.41, 5.74) is 1.97. The van der Waals surface area contributed by atoms with Crippen LogP contribution in [0.4, 0.5) is 0 Å². The first kappa shape index (κ1) is 18.1. The van der Waals surface area contributed by atoms with Gasteiger partial charge >= 0.3 is 5.63 Å². The smallest absolute Gasteiger partial charge is 0.336 e. The first-order valence-electron chi connectivity index (χ1n) is 9.34. The van der Waals surface area contributed by atoms with E-state index in [0.29, 0.717) is 24.4 Å². The fourth-order valence-electron chi connectivity index (χ4n) is 3.47. The number of rotatable bonds is 5. The molecule has 0 saturated heterocycles. The summed E-state index contributed by atoms with van der Waals surface area (Å²) in [7, 11) is 0. The minimum absolute atomic E-state index is 0.0946. The molecule has 0 aliphatic carbocycles. The van der Waals surface area contributed by atoms with Crippen LogP contribution in [0.3, 0.4) is 0 Å². The molecule has 1 unspecified atom stereocenters. The van der Waals surface area contributed by atoms with Crippen LogP contribution in [0, 0.1) is 0 Å². The van der Waals surface area contributed by atoms with E-state index in [1.54, 1.807) is 12.1 Å². The average Bonchev–Trinajstić information content (AvgIpc) is 2.71. The Hall–Kier alpha value is -3.28. The van der Waals surface area contributed by atoms with E-state index < -0.39 is 5.63 Å². The van der Waals surface area contributed by atoms with E-state index in [1.807, 2.05) is 37.3 Å². The van der Waals surface area contributed by atoms with Crippen LogP contribution >= 0.6 is 0 Å². The number of benzene rings is 2. The topological polar surface area (TPSA) is 77.8 Å². The number of fused-ring (bicyclic) bond motifs is 2. The molecule has 0 saturated carbocycles. The molecule has 1 N–H and O–H groups in total. The van der Waals surface area contributed by atoms with Gasteiger partial charge in [-0.05, 0) is 30.2 Å². The SMILES string of the molecule is CCc1cc(=O)oc2cc(OCC(=O)NC3CCOc4ccccc43)ccc12. The van der Waals surface area contributed by atoms with Crippen molar-refractivity contribution in [2.75, 3.05) is 13.2 Å². The lowest BCUT2D eigenvalue weighted by Gasteiger charge is -2.26. The van der Waals surface area contributed by atoms with Crippen molar-refractivity contribution in [2.45, 2.75) is 25.8 Å². The van der Waals surface area contributed by atoms with Crippen molar-refractivity contribution in [1.29, 1.82) is 0 Å². The van der Waals surface area contributed by atoms with Crippen LogP contribution in [-0.4, -0.2) is 19.1 Å². The number of hydrogen-bond donors (Lipinski definition) is 1. The first-order chi connectivity index (χ1) is 13.6. The summed E-state index contributed by atoms with van der Waals surface area (Å²) in [6, 6.07) is 14.4. The van der Waals surface area contributed by atoms with Gasteiger partial charge in [0, 0.05) is 29.5 Å². The fraction of sp³-hybridized carbons (Fsp3) is 0.273. The summed E-state index contributed by atoms with van der Waals surface area (Å²) in [6.45, 7) is 2.42. The molecule has 3 aromatic rings. The molecule has 1 amide bonds. The summed E-state index contributed by atoms with van der Waals surface area (Å²) in [5, 5.41) is 3.87. The minimum atomic E-state index is -0.391. The van der Waals surface area contributed by atoms with Gasteiger partial charge in [-0.25, -0.2) is 4.79 Å². The molecule has 0 fully saturated rings. The molecule has 0 bridgehead atoms. The summed E-state index contributed by atoms with van der Waals surface area (Å²) >= 11 is 0. The summed E-state index contributed by atoms with van der Waals surface area (Å²) < 4.78 is 16.5. The molecule has 28 heavy (non-hydrogen) atoms. The van der Waals surface area contributed by atoms with E-state index >= 15 is 0 Å². The maximum absolute atomic E-state index is 12.4. The third kappa shape index (κ3) is 3.71. The number of amides is 1. The molecular formula is C22H21NO5. The zero-order chi connectivity index (χ0) is 19.5. The van der Waals surface area contributed by atoms with Gasteiger partial charge in [0.2, 0.25) is 0 Å². The molecule has 4 rings (SSSR count). The van der Waals surface area contributed by atoms with Gasteiger partial charge in [0.15, 0.2) is 6.61 Å². The van der Waals surface area contributed by atoms with Crippen LogP contribution in [-0.2, 0) is 11.2 Å². The lowest BCUT2D eigenvalue weighted by atomic mass is 10.0. The van der Waals surface area contributed by atoms with Crippen molar-refractivity contribution in [3.8, 4) is 11.5 Å². The third-order valence-corrected chi connectivity index (χ3v) is 4.85. The fourth-order valence-corrected chi connectivity index (χ4v) is 3.47. The second-order valence-electron chi connectivity index (χ2n) is 6.69. The van der Waals surface area contributed by atoms with Crippen molar-refractivity contribution in [1.82, 2.24) is 5.32 Å². The Labute approximate surface area is 162 Å². The molecule has 2 heterocycles. The molecule has 0 radical (unpaired) electrons. The highest BCUT2D eigenvalue weighted by Crippen LogP contribution is 2.31. The largest absolute Gasteiger partial charge is 0.493 e. The summed E-state index contributed by atoms with van der Waals surface area (Å²) in [4.78, 5) is 24.0. The normalized spacial score (nSPS) is 15.5. The van der Waals surface area contributed by atoms with Gasteiger partial charge in [0.1, 0.15) is 17.1 Å². The second-order valence-corrected chi connectivity index (χ2v) is 6.69. The maximum Gasteiger partial charge on any atom is 0.336 e. The quantitative estimate of drug-likeness (QED) is 0.688. The molecule has 2 aromatic carbocycles. The van der Waals surface area contributed by atoms with Gasteiger partial charge < -0.3 is 19.2 Å². The van der Waals surface area contributed by atoms with Crippen LogP contribution in [0.15, 0.2) is 57.7 Å². The number of para-hydroxylation sites is 1. The number of hydrogen-bond acceptors (Lipinski definition) is 5. The number of nitrogens with one attached hydrogen (secondary N) is 1. The molecule has 0 spiro atoms. The zero-order valence-corrected chi connectivity index (χ0v) is 15.6. The van der Waals surface area contributed by atoms with E-state index in [0.717, 1.165) is 28.7 Å². The van der Waals surface area contributed by atoms with E-state index in [1.165, 1.54) is 6.07 Å². The van der Waals surface area contributed by atoms with Crippen LogP contribution in [0.2, 0.25) is 0 Å². The Morgan fingerprint density at radius 2 is 2.07 bits per heavy atom. The summed E-state index contributed by atoms with van der Waals surface area (Å²) in [6.07, 6.45) is 1.45. The minimum Gasteiger partial charge on any atom is -0.493 e. The lowest BCUT2D eigenvalue weighted by Crippen LogP contribution is -2.35. The Kier molecular flexibility index (Phi) is 5.02. The molecule has 1 atom stereocenters. The van der Waals surface area contributed by atoms with E-state index in [4.69, 9.17) is 13.9 Å². The molecule has 6 heteroatoms. The van der Waals surface area contributed by atoms with Gasteiger partial charge in [0.05, 0.1) is 12.6 Å². The summed E-state index contributed by atoms with van der Waals surface area (Å²) in [5.74, 6) is 1.06. The van der Waals surface area contributed by atoms with Gasteiger partial charge in [-0.15, -0.1) is 0 Å². The van der Waals surface area contributed by atoms with Crippen LogP contribution in [0.1, 0.15) is 30.5 Å². The molecular weight excluding hydrogens is 358 g/mol. The number of ether oxygens (including phenoxy) is 2. The van der Waals surface area contributed by atoms with Crippen molar-refractivity contribution < 1.29 is 18.7 Å². The Morgan fingerprint density at radius 1 is 1.21 bits per heavy atom. The monoisotopic (exact) mass is 379 g/mol. The van der Waals surface area contributed by atoms with E-state index in [-0.39, 0.29) is 18.6 Å². The Morgan fingerprint density at radius 3 is 2.93 bits per heavy atom. The van der Waals surface area contributed by atoms with Gasteiger partial charge in [-0.2, -0.15) is 0 Å². The number of carbonyl (C=O) groups is 1. The Balaban J connectivity index is 1.43. The molecule has 6 nitrogen and oxygen atoms in total. The molecule has 1 aliphatic heterocycles. The highest BCUT2D eigenvalue weighted by atomic mass is 16.5. The van der Waals surface area contributed by atoms with Crippen LogP contribution in [0.25, 0.3) is 11.0 Å². The van der Waals surface area contributed by atoms with Crippen molar-refractivity contribution in [3.05, 3.63) is 70.1 Å². The predicted octanol–water partition coefficient (Wildman–Crippen LogP) is 3.37. The molecule has 144 valence electrons. The van der Waals surface area contributed by atoms with E-state index in [9.17, 15) is 9.59 Å². The molecule has 1 aromatic heterocycles. The van der Waals surface area contributed by atoms with Crippen molar-refractivity contribution in [3.63, 3.8) is 0 Å². The standard InChI is InChI=1S/C22H21NO5/c1-2-14-11-22(25)28-20-12-15(7-8-16(14)20)27-13-21(24)23-18-9-10-26-19-6-4-3-5-17(18)19/h3-8,11-12,18H,2,9-10,13H2,1H3,(H,23,24). The lowest BCUT2D eigenvalue weighted by molar-refractivity contribution is -0.124. The molecule has 1 aliphatic rings. The second kappa shape index (κ2) is 7.76.